The molecule has 18 heteroatoms. The Morgan fingerprint density at radius 2 is 0.634 bits per heavy atom. The minimum Gasteiger partial charge on any atom is -0.508 e. The molecule has 18 nitrogen and oxygen atoms in total. The van der Waals surface area contributed by atoms with E-state index in [4.69, 9.17) is 17.2 Å². The number of unbranched alkanes of at least 4 members (excludes halogenated alkanes) is 3. The Morgan fingerprint density at radius 3 is 0.878 bits per heavy atom. The van der Waals surface area contributed by atoms with Crippen molar-refractivity contribution < 1.29 is 44.1 Å². The molecule has 3 atom stereocenters. The molecule has 0 aliphatic heterocycles. The molecule has 0 bridgehead atoms. The lowest BCUT2D eigenvalue weighted by molar-refractivity contribution is -0.126. The van der Waals surface area contributed by atoms with Crippen LogP contribution in [0.3, 0.4) is 0 Å². The van der Waals surface area contributed by atoms with E-state index < -0.39 is 24.0 Å². The van der Waals surface area contributed by atoms with Crippen molar-refractivity contribution in [3.05, 3.63) is 179 Å². The summed E-state index contributed by atoms with van der Waals surface area (Å²) < 4.78 is 0. The number of carbonyl (C=O) groups is 6. The Kier molecular flexibility index (Phi) is 25.4. The minimum absolute atomic E-state index is 0.109. The van der Waals surface area contributed by atoms with E-state index in [0.717, 1.165) is 33.4 Å². The third-order valence-electron chi connectivity index (χ3n) is 14.0. The fourth-order valence-electron chi connectivity index (χ4n) is 9.54. The quantitative estimate of drug-likeness (QED) is 0.0141. The Bertz CT molecular complexity index is 2690. The summed E-state index contributed by atoms with van der Waals surface area (Å²) in [5.74, 6) is -2.13. The Hall–Kier alpha value is -8.58. The van der Waals surface area contributed by atoms with Gasteiger partial charge in [0.15, 0.2) is 0 Å². The van der Waals surface area contributed by atoms with Crippen LogP contribution in [-0.2, 0) is 48.0 Å². The van der Waals surface area contributed by atoms with Crippen molar-refractivity contribution in [2.75, 3.05) is 35.6 Å². The molecule has 434 valence electrons. The predicted octanol–water partition coefficient (Wildman–Crippen LogP) is 7.54. The number of nitrogens with two attached hydrogens (primary N) is 3. The summed E-state index contributed by atoms with van der Waals surface area (Å²) >= 11 is 0. The van der Waals surface area contributed by atoms with Crippen LogP contribution in [0.15, 0.2) is 146 Å². The monoisotopic (exact) mass is 1120 g/mol. The molecule has 0 saturated carbocycles. The van der Waals surface area contributed by atoms with E-state index in [1.807, 2.05) is 54.6 Å². The molecule has 6 amide bonds. The number of rotatable bonds is 33. The average molecular weight is 1120 g/mol. The van der Waals surface area contributed by atoms with Gasteiger partial charge in [-0.2, -0.15) is 0 Å². The molecule has 0 aliphatic carbocycles. The molecule has 82 heavy (non-hydrogen) atoms. The lowest BCUT2D eigenvalue weighted by atomic mass is 9.85. The molecule has 0 saturated heterocycles. The number of benzene rings is 6. The fourth-order valence-corrected chi connectivity index (χ4v) is 9.54. The normalized spacial score (nSPS) is 12.1. The van der Waals surface area contributed by atoms with E-state index in [2.05, 4.69) is 31.9 Å². The van der Waals surface area contributed by atoms with Gasteiger partial charge >= 0.3 is 0 Å². The summed E-state index contributed by atoms with van der Waals surface area (Å²) in [4.78, 5) is 80.9. The number of hydrogen-bond acceptors (Lipinski definition) is 12. The van der Waals surface area contributed by atoms with Crippen molar-refractivity contribution in [3.8, 4) is 17.2 Å². The summed E-state index contributed by atoms with van der Waals surface area (Å²) in [6, 6.07) is 39.7. The third-order valence-corrected chi connectivity index (χ3v) is 14.0. The summed E-state index contributed by atoms with van der Waals surface area (Å²) in [6.07, 6.45) is 6.54. The first-order valence-electron chi connectivity index (χ1n) is 28.2. The maximum Gasteiger partial charge on any atom is 0.246 e. The van der Waals surface area contributed by atoms with Gasteiger partial charge in [0.25, 0.3) is 0 Å². The SMILES string of the molecule is NCCCC[C@@H](NC(=O)CCc1cccc(O)c1)C(=O)Nc1ccc(C(c2ccc(NC(=O)[C@@H](CCCCN)NC(=O)CCc3cccc(O)c3)cc2)c2ccc(NC(=O)[C@@H](CCCCN)NC(=O)CCc3cccc(O)c3)cc2)cc1. The number of aromatic hydroxyl groups is 3. The number of carbonyl (C=O) groups excluding carboxylic acids is 6. The number of anilines is 3. The second-order valence-corrected chi connectivity index (χ2v) is 20.5. The van der Waals surface area contributed by atoms with E-state index in [1.54, 1.807) is 91.0 Å². The van der Waals surface area contributed by atoms with Crippen LogP contribution < -0.4 is 49.1 Å². The van der Waals surface area contributed by atoms with Gasteiger partial charge in [-0.05, 0) is 203 Å². The molecular formula is C64H79N9O9. The number of phenolic OH excluding ortho intramolecular Hbond substituents is 3. The predicted molar refractivity (Wildman–Crippen MR) is 320 cm³/mol. The first-order valence-corrected chi connectivity index (χ1v) is 28.2. The van der Waals surface area contributed by atoms with Crippen LogP contribution >= 0.6 is 0 Å². The number of hydrogen-bond donors (Lipinski definition) is 12. The Morgan fingerprint density at radius 1 is 0.366 bits per heavy atom. The first kappa shape index (κ1) is 62.6. The zero-order valence-corrected chi connectivity index (χ0v) is 46.4. The number of aryl methyl sites for hydroxylation is 3. The van der Waals surface area contributed by atoms with Crippen LogP contribution in [0.2, 0.25) is 0 Å². The van der Waals surface area contributed by atoms with Gasteiger partial charge in [-0.1, -0.05) is 72.8 Å². The summed E-state index contributed by atoms with van der Waals surface area (Å²) in [6.45, 7) is 1.32. The molecular weight excluding hydrogens is 1040 g/mol. The zero-order valence-electron chi connectivity index (χ0n) is 46.4. The van der Waals surface area contributed by atoms with E-state index >= 15 is 0 Å². The van der Waals surface area contributed by atoms with Crippen LogP contribution in [0.25, 0.3) is 0 Å². The molecule has 0 radical (unpaired) electrons. The van der Waals surface area contributed by atoms with Crippen LogP contribution in [0, 0.1) is 0 Å². The Labute approximate surface area is 480 Å². The highest BCUT2D eigenvalue weighted by Gasteiger charge is 2.25. The summed E-state index contributed by atoms with van der Waals surface area (Å²) in [5, 5.41) is 47.2. The number of phenols is 3. The molecule has 6 aromatic carbocycles. The van der Waals surface area contributed by atoms with E-state index in [1.165, 1.54) is 0 Å². The van der Waals surface area contributed by atoms with Crippen molar-refractivity contribution >= 4 is 52.5 Å². The van der Waals surface area contributed by atoms with Gasteiger partial charge in [0, 0.05) is 42.2 Å². The maximum absolute atomic E-state index is 13.8. The molecule has 0 aliphatic rings. The highest BCUT2D eigenvalue weighted by molar-refractivity contribution is 5.99. The second-order valence-electron chi connectivity index (χ2n) is 20.5. The lowest BCUT2D eigenvalue weighted by Crippen LogP contribution is -2.44. The van der Waals surface area contributed by atoms with Crippen molar-refractivity contribution in [2.24, 2.45) is 17.2 Å². The zero-order chi connectivity index (χ0) is 58.6. The van der Waals surface area contributed by atoms with E-state index in [-0.39, 0.29) is 72.0 Å². The van der Waals surface area contributed by atoms with Crippen molar-refractivity contribution in [3.63, 3.8) is 0 Å². The van der Waals surface area contributed by atoms with Gasteiger partial charge in [-0.15, -0.1) is 0 Å². The molecule has 6 aromatic rings. The first-order chi connectivity index (χ1) is 39.7. The highest BCUT2D eigenvalue weighted by atomic mass is 16.3. The maximum atomic E-state index is 13.8. The fraction of sp³-hybridized carbons (Fsp3) is 0.344. The molecule has 15 N–H and O–H groups in total. The largest absolute Gasteiger partial charge is 0.508 e. The van der Waals surface area contributed by atoms with Crippen molar-refractivity contribution in [2.45, 2.75) is 120 Å². The summed E-state index contributed by atoms with van der Waals surface area (Å²) in [7, 11) is 0. The topological polar surface area (TPSA) is 313 Å². The second kappa shape index (κ2) is 33.2. The van der Waals surface area contributed by atoms with Crippen molar-refractivity contribution in [1.29, 1.82) is 0 Å². The molecule has 6 rings (SSSR count). The van der Waals surface area contributed by atoms with E-state index in [9.17, 15) is 44.1 Å². The van der Waals surface area contributed by atoms with Gasteiger partial charge in [0.05, 0.1) is 0 Å². The molecule has 0 spiro atoms. The number of amides is 6. The highest BCUT2D eigenvalue weighted by Crippen LogP contribution is 2.34. The van der Waals surface area contributed by atoms with Gasteiger partial charge in [0.1, 0.15) is 35.4 Å². The van der Waals surface area contributed by atoms with Gasteiger partial charge < -0.3 is 64.4 Å². The molecule has 0 unspecified atom stereocenters. The average Bonchev–Trinajstić information content (AvgIpc) is 3.48. The van der Waals surface area contributed by atoms with E-state index in [0.29, 0.717) is 114 Å². The van der Waals surface area contributed by atoms with Crippen molar-refractivity contribution in [1.82, 2.24) is 16.0 Å². The van der Waals surface area contributed by atoms with Crippen LogP contribution in [0.4, 0.5) is 17.1 Å². The number of nitrogens with one attached hydrogen (secondary N) is 6. The van der Waals surface area contributed by atoms with Crippen LogP contribution in [0.1, 0.15) is 116 Å². The summed E-state index contributed by atoms with van der Waals surface area (Å²) in [5.41, 5.74) is 23.7. The van der Waals surface area contributed by atoms with Gasteiger partial charge in [0.2, 0.25) is 35.4 Å². The van der Waals surface area contributed by atoms with Crippen LogP contribution in [0.5, 0.6) is 17.2 Å². The minimum atomic E-state index is -0.824. The van der Waals surface area contributed by atoms with Gasteiger partial charge in [-0.3, -0.25) is 28.8 Å². The molecule has 0 fully saturated rings. The molecule has 0 aromatic heterocycles. The molecule has 0 heterocycles. The standard InChI is InChI=1S/C64H79N9O9/c65-37-4-1-16-55(71-58(77)34-19-43-10-7-13-52(74)40-43)62(80)68-49-28-22-46(23-29-49)61(47-24-30-50(31-25-47)69-63(81)56(17-2-5-38-66)72-59(78)35-20-44-11-8-14-53(75)41-44)48-26-32-51(33-27-48)70-64(82)57(18-3-6-39-67)73-60(79)36-21-45-12-9-15-54(76)42-45/h7-15,22-33,40-42,55-57,61,74-76H,1-6,16-21,34-39,65-67H2,(H,68,80)(H,69,81)(H,70,82)(H,71,77)(H,72,78)(H,73,79)/t55-,56-,57-/m1/s1. The Balaban J connectivity index is 1.20. The third kappa shape index (κ3) is 21.1. The lowest BCUT2D eigenvalue weighted by Gasteiger charge is -2.22. The van der Waals surface area contributed by atoms with Gasteiger partial charge in [-0.25, -0.2) is 0 Å². The van der Waals surface area contributed by atoms with Crippen LogP contribution in [-0.4, -0.2) is 88.5 Å². The smallest absolute Gasteiger partial charge is 0.246 e.